The second-order valence-electron chi connectivity index (χ2n) is 8.86. The van der Waals surface area contributed by atoms with Crippen LogP contribution >= 0.6 is 0 Å². The first-order valence-corrected chi connectivity index (χ1v) is 11.0. The fourth-order valence-electron chi connectivity index (χ4n) is 5.58. The standard InChI is InChI=1S/C25H28FN3O/c1-2-23-25(30,19-10-13-28(23)14-11-19)21-8-9-24(29-15-12-20(26)17-29)27-22(21)16-18-6-4-3-5-7-18/h1,3-9,19-20,23,30H,10-17H2/t20-,23?,25-/m1/s1. The lowest BCUT2D eigenvalue weighted by molar-refractivity contribution is -0.143. The summed E-state index contributed by atoms with van der Waals surface area (Å²) in [5.41, 5.74) is 1.71. The Morgan fingerprint density at radius 3 is 2.53 bits per heavy atom. The summed E-state index contributed by atoms with van der Waals surface area (Å²) in [7, 11) is 0. The Kier molecular flexibility index (Phi) is 5.00. The molecule has 1 aromatic carbocycles. The van der Waals surface area contributed by atoms with Crippen LogP contribution in [0.15, 0.2) is 42.5 Å². The van der Waals surface area contributed by atoms with Gasteiger partial charge in [0, 0.05) is 18.5 Å². The molecule has 4 nitrogen and oxygen atoms in total. The van der Waals surface area contributed by atoms with Crippen molar-refractivity contribution >= 4 is 5.82 Å². The fraction of sp³-hybridized carbons (Fsp3) is 0.480. The lowest BCUT2D eigenvalue weighted by Crippen LogP contribution is -2.63. The molecule has 3 atom stereocenters. The molecule has 0 amide bonds. The van der Waals surface area contributed by atoms with Crippen LogP contribution in [0.2, 0.25) is 0 Å². The van der Waals surface area contributed by atoms with Crippen LogP contribution in [0.5, 0.6) is 0 Å². The van der Waals surface area contributed by atoms with Gasteiger partial charge in [-0.25, -0.2) is 9.37 Å². The van der Waals surface area contributed by atoms with Gasteiger partial charge in [-0.3, -0.25) is 4.90 Å². The number of hydrogen-bond acceptors (Lipinski definition) is 4. The lowest BCUT2D eigenvalue weighted by atomic mass is 9.66. The van der Waals surface area contributed by atoms with E-state index in [0.29, 0.717) is 25.9 Å². The number of pyridine rings is 1. The monoisotopic (exact) mass is 405 g/mol. The van der Waals surface area contributed by atoms with Crippen LogP contribution in [0.25, 0.3) is 0 Å². The van der Waals surface area contributed by atoms with Crippen LogP contribution < -0.4 is 4.90 Å². The summed E-state index contributed by atoms with van der Waals surface area (Å²) >= 11 is 0. The minimum Gasteiger partial charge on any atom is -0.382 e. The first-order valence-electron chi connectivity index (χ1n) is 11.0. The maximum Gasteiger partial charge on any atom is 0.128 e. The highest BCUT2D eigenvalue weighted by Gasteiger charge is 2.54. The van der Waals surface area contributed by atoms with Gasteiger partial charge in [-0.05, 0) is 49.9 Å². The minimum absolute atomic E-state index is 0.132. The topological polar surface area (TPSA) is 39.6 Å². The second-order valence-corrected chi connectivity index (χ2v) is 8.86. The smallest absolute Gasteiger partial charge is 0.128 e. The van der Waals surface area contributed by atoms with E-state index in [1.165, 1.54) is 0 Å². The van der Waals surface area contributed by atoms with Crippen LogP contribution in [-0.2, 0) is 12.0 Å². The molecule has 1 N–H and O–H groups in total. The van der Waals surface area contributed by atoms with Crippen molar-refractivity contribution in [3.63, 3.8) is 0 Å². The molecular weight excluding hydrogens is 377 g/mol. The molecule has 4 saturated heterocycles. The van der Waals surface area contributed by atoms with Gasteiger partial charge in [0.15, 0.2) is 0 Å². The highest BCUT2D eigenvalue weighted by molar-refractivity contribution is 5.47. The number of halogens is 1. The molecule has 5 heteroatoms. The average Bonchev–Trinajstić information content (AvgIpc) is 3.21. The zero-order chi connectivity index (χ0) is 20.7. The molecule has 2 bridgehead atoms. The van der Waals surface area contributed by atoms with Crippen molar-refractivity contribution in [2.24, 2.45) is 5.92 Å². The Hall–Kier alpha value is -2.42. The van der Waals surface area contributed by atoms with Crippen molar-refractivity contribution in [3.8, 4) is 12.3 Å². The van der Waals surface area contributed by atoms with Gasteiger partial charge in [0.05, 0.1) is 12.2 Å². The largest absolute Gasteiger partial charge is 0.382 e. The van der Waals surface area contributed by atoms with E-state index < -0.39 is 11.8 Å². The minimum atomic E-state index is -1.10. The first kappa shape index (κ1) is 19.5. The summed E-state index contributed by atoms with van der Waals surface area (Å²) in [6.07, 6.45) is 8.16. The molecular formula is C25H28FN3O. The average molecular weight is 406 g/mol. The Balaban J connectivity index is 1.59. The van der Waals surface area contributed by atoms with Gasteiger partial charge in [0.2, 0.25) is 0 Å². The highest BCUT2D eigenvalue weighted by Crippen LogP contribution is 2.48. The number of fused-ring (bicyclic) bond motifs is 3. The molecule has 5 heterocycles. The van der Waals surface area contributed by atoms with Crippen LogP contribution in [-0.4, -0.2) is 53.4 Å². The van der Waals surface area contributed by atoms with Crippen LogP contribution in [0.4, 0.5) is 10.2 Å². The number of terminal acetylenes is 1. The van der Waals surface area contributed by atoms with Gasteiger partial charge in [0.25, 0.3) is 0 Å². The normalized spacial score (nSPS) is 32.9. The molecule has 1 aromatic heterocycles. The zero-order valence-electron chi connectivity index (χ0n) is 17.2. The third kappa shape index (κ3) is 3.19. The Bertz CT molecular complexity index is 951. The van der Waals surface area contributed by atoms with E-state index in [1.807, 2.05) is 35.2 Å². The summed E-state index contributed by atoms with van der Waals surface area (Å²) in [5.74, 6) is 3.80. The maximum atomic E-state index is 13.8. The second kappa shape index (κ2) is 7.68. The van der Waals surface area contributed by atoms with Gasteiger partial charge in [-0.15, -0.1) is 6.42 Å². The highest BCUT2D eigenvalue weighted by atomic mass is 19.1. The molecule has 2 aromatic rings. The molecule has 0 saturated carbocycles. The molecule has 30 heavy (non-hydrogen) atoms. The van der Waals surface area contributed by atoms with Gasteiger partial charge in [0.1, 0.15) is 23.6 Å². The number of nitrogens with zero attached hydrogens (tertiary/aromatic N) is 3. The number of aliphatic hydroxyl groups is 1. The molecule has 0 aliphatic carbocycles. The SMILES string of the molecule is C#CC1N2CCC(CC2)[C@@]1(O)c1ccc(N2CC[C@@H](F)C2)nc1Cc1ccccc1. The van der Waals surface area contributed by atoms with E-state index in [2.05, 4.69) is 23.0 Å². The van der Waals surface area contributed by atoms with Gasteiger partial charge in [-0.2, -0.15) is 0 Å². The number of aromatic nitrogens is 1. The van der Waals surface area contributed by atoms with Crippen LogP contribution in [0.3, 0.4) is 0 Å². The third-order valence-electron chi connectivity index (χ3n) is 7.15. The van der Waals surface area contributed by atoms with E-state index in [4.69, 9.17) is 11.4 Å². The molecule has 0 spiro atoms. The van der Waals surface area contributed by atoms with Crippen molar-refractivity contribution < 1.29 is 9.50 Å². The van der Waals surface area contributed by atoms with Crippen molar-refractivity contribution in [2.45, 2.75) is 43.5 Å². The zero-order valence-corrected chi connectivity index (χ0v) is 17.2. The van der Waals surface area contributed by atoms with E-state index in [-0.39, 0.29) is 12.0 Å². The van der Waals surface area contributed by atoms with E-state index >= 15 is 0 Å². The molecule has 1 unspecified atom stereocenters. The molecule has 4 fully saturated rings. The first-order chi connectivity index (χ1) is 14.6. The van der Waals surface area contributed by atoms with Crippen LogP contribution in [0.1, 0.15) is 36.1 Å². The predicted octanol–water partition coefficient (Wildman–Crippen LogP) is 3.14. The maximum absolute atomic E-state index is 13.8. The predicted molar refractivity (Wildman–Crippen MR) is 116 cm³/mol. The Morgan fingerprint density at radius 1 is 1.10 bits per heavy atom. The van der Waals surface area contributed by atoms with Crippen molar-refractivity contribution in [1.82, 2.24) is 9.88 Å². The fourth-order valence-corrected chi connectivity index (χ4v) is 5.58. The summed E-state index contributed by atoms with van der Waals surface area (Å²) in [6, 6.07) is 13.8. The molecule has 6 rings (SSSR count). The molecule has 156 valence electrons. The number of benzene rings is 1. The Morgan fingerprint density at radius 2 is 1.87 bits per heavy atom. The van der Waals surface area contributed by atoms with Crippen LogP contribution in [0, 0.1) is 18.3 Å². The van der Waals surface area contributed by atoms with E-state index in [1.54, 1.807) is 0 Å². The summed E-state index contributed by atoms with van der Waals surface area (Å²) in [4.78, 5) is 9.20. The van der Waals surface area contributed by atoms with Crippen molar-refractivity contribution in [1.29, 1.82) is 0 Å². The van der Waals surface area contributed by atoms with Crippen molar-refractivity contribution in [2.75, 3.05) is 31.1 Å². The number of hydrogen-bond donors (Lipinski definition) is 1. The quantitative estimate of drug-likeness (QED) is 0.794. The van der Waals surface area contributed by atoms with E-state index in [9.17, 15) is 9.50 Å². The van der Waals surface area contributed by atoms with Crippen molar-refractivity contribution in [3.05, 3.63) is 59.3 Å². The third-order valence-corrected chi connectivity index (χ3v) is 7.15. The number of piperidine rings is 3. The molecule has 4 aliphatic heterocycles. The van der Waals surface area contributed by atoms with E-state index in [0.717, 1.165) is 48.6 Å². The Labute approximate surface area is 177 Å². The van der Waals surface area contributed by atoms with Gasteiger partial charge < -0.3 is 10.0 Å². The summed E-state index contributed by atoms with van der Waals surface area (Å²) in [6.45, 7) is 2.93. The summed E-state index contributed by atoms with van der Waals surface area (Å²) in [5, 5.41) is 12.1. The summed E-state index contributed by atoms with van der Waals surface area (Å²) < 4.78 is 13.8. The molecule has 0 radical (unpaired) electrons. The lowest BCUT2D eigenvalue weighted by Gasteiger charge is -2.54. The van der Waals surface area contributed by atoms with Gasteiger partial charge >= 0.3 is 0 Å². The number of anilines is 1. The molecule has 4 aliphatic rings. The van der Waals surface area contributed by atoms with Gasteiger partial charge in [-0.1, -0.05) is 42.3 Å². The number of rotatable bonds is 4. The number of alkyl halides is 1.